The van der Waals surface area contributed by atoms with Gasteiger partial charge in [-0.05, 0) is 37.8 Å². The van der Waals surface area contributed by atoms with Crippen molar-refractivity contribution in [3.05, 3.63) is 29.1 Å². The summed E-state index contributed by atoms with van der Waals surface area (Å²) in [6.45, 7) is 2.86. The molecule has 0 saturated heterocycles. The molecule has 0 amide bonds. The van der Waals surface area contributed by atoms with Gasteiger partial charge in [0.1, 0.15) is 5.75 Å². The molecule has 3 nitrogen and oxygen atoms in total. The molecule has 0 unspecified atom stereocenters. The molecule has 1 aliphatic rings. The van der Waals surface area contributed by atoms with E-state index >= 15 is 0 Å². The lowest BCUT2D eigenvalue weighted by atomic mass is 9.85. The molecule has 1 saturated carbocycles. The summed E-state index contributed by atoms with van der Waals surface area (Å²) in [6.07, 6.45) is 3.95. The first-order chi connectivity index (χ1) is 9.63. The molecule has 1 aliphatic carbocycles. The van der Waals surface area contributed by atoms with Gasteiger partial charge in [0, 0.05) is 31.8 Å². The Morgan fingerprint density at radius 3 is 2.65 bits per heavy atom. The second-order valence-electron chi connectivity index (χ2n) is 5.08. The minimum absolute atomic E-state index is 0.0741. The summed E-state index contributed by atoms with van der Waals surface area (Å²) in [7, 11) is 1.61. The van der Waals surface area contributed by atoms with E-state index in [9.17, 15) is 9.50 Å². The summed E-state index contributed by atoms with van der Waals surface area (Å²) in [5, 5.41) is 10.1. The van der Waals surface area contributed by atoms with Crippen LogP contribution in [0.1, 0.15) is 38.2 Å². The van der Waals surface area contributed by atoms with Crippen molar-refractivity contribution >= 4 is 5.57 Å². The highest BCUT2D eigenvalue weighted by molar-refractivity contribution is 5.73. The number of hydrogen-bond acceptors (Lipinski definition) is 3. The minimum Gasteiger partial charge on any atom is -0.507 e. The number of phenolic OH excluding ortho intramolecular Hbond substituents is 1. The number of phenols is 1. The summed E-state index contributed by atoms with van der Waals surface area (Å²) in [5.41, 5.74) is 2.86. The molecule has 0 radical (unpaired) electrons. The largest absolute Gasteiger partial charge is 0.507 e. The highest BCUT2D eigenvalue weighted by Gasteiger charge is 2.17. The Morgan fingerprint density at radius 1 is 1.30 bits per heavy atom. The number of hydrogen-bond donors (Lipinski definition) is 1. The minimum atomic E-state index is -0.436. The predicted molar refractivity (Wildman–Crippen MR) is 76.5 cm³/mol. The fourth-order valence-corrected chi connectivity index (χ4v) is 2.26. The van der Waals surface area contributed by atoms with E-state index in [2.05, 4.69) is 0 Å². The van der Waals surface area contributed by atoms with Crippen molar-refractivity contribution < 1.29 is 19.0 Å². The zero-order chi connectivity index (χ0) is 14.5. The highest BCUT2D eigenvalue weighted by atomic mass is 19.1. The zero-order valence-electron chi connectivity index (χ0n) is 12.0. The van der Waals surface area contributed by atoms with E-state index in [0.717, 1.165) is 18.4 Å². The van der Waals surface area contributed by atoms with E-state index in [4.69, 9.17) is 9.47 Å². The number of aromatic hydroxyl groups is 1. The Hall–Kier alpha value is -1.55. The number of allylic oxidation sites excluding steroid dienone is 2. The number of methoxy groups -OCH3 is 1. The molecule has 1 aromatic carbocycles. The molecule has 2 rings (SSSR count). The normalized spacial score (nSPS) is 14.1. The number of halogens is 1. The first-order valence-electron chi connectivity index (χ1n) is 6.96. The lowest BCUT2D eigenvalue weighted by Gasteiger charge is -2.21. The zero-order valence-corrected chi connectivity index (χ0v) is 12.0. The molecule has 0 aromatic heterocycles. The van der Waals surface area contributed by atoms with Gasteiger partial charge in [-0.3, -0.25) is 0 Å². The van der Waals surface area contributed by atoms with Crippen LogP contribution in [-0.2, 0) is 4.74 Å². The summed E-state index contributed by atoms with van der Waals surface area (Å²) in [5.74, 6) is -0.270. The molecule has 0 atom stereocenters. The highest BCUT2D eigenvalue weighted by Crippen LogP contribution is 2.38. The van der Waals surface area contributed by atoms with Crippen LogP contribution in [0, 0.1) is 5.82 Å². The molecule has 1 fully saturated rings. The summed E-state index contributed by atoms with van der Waals surface area (Å²) in [4.78, 5) is 0. The molecule has 0 spiro atoms. The Kier molecular flexibility index (Phi) is 5.01. The molecule has 0 bridgehead atoms. The molecular weight excluding hydrogens is 259 g/mol. The van der Waals surface area contributed by atoms with Gasteiger partial charge in [0.15, 0.2) is 11.6 Å². The molecular formula is C16H21FO3. The first kappa shape index (κ1) is 14.9. The van der Waals surface area contributed by atoms with Crippen LogP contribution in [0.2, 0.25) is 0 Å². The van der Waals surface area contributed by atoms with Crippen LogP contribution in [-0.4, -0.2) is 25.4 Å². The SMILES string of the molecule is COCCCOc1cc(O)c(C(C)=C2CCC2)cc1F. The summed E-state index contributed by atoms with van der Waals surface area (Å²) < 4.78 is 24.2. The fourth-order valence-electron chi connectivity index (χ4n) is 2.26. The first-order valence-corrected chi connectivity index (χ1v) is 6.96. The lowest BCUT2D eigenvalue weighted by Crippen LogP contribution is -2.04. The quantitative estimate of drug-likeness (QED) is 0.803. The summed E-state index contributed by atoms with van der Waals surface area (Å²) in [6, 6.07) is 2.72. The monoisotopic (exact) mass is 280 g/mol. The third-order valence-corrected chi connectivity index (χ3v) is 3.69. The Balaban J connectivity index is 2.12. The van der Waals surface area contributed by atoms with E-state index in [-0.39, 0.29) is 11.5 Å². The van der Waals surface area contributed by atoms with Gasteiger partial charge in [-0.1, -0.05) is 5.57 Å². The van der Waals surface area contributed by atoms with Crippen LogP contribution in [0.3, 0.4) is 0 Å². The number of rotatable bonds is 6. The second kappa shape index (κ2) is 6.75. The van der Waals surface area contributed by atoms with Crippen LogP contribution < -0.4 is 4.74 Å². The molecule has 1 N–H and O–H groups in total. The standard InChI is InChI=1S/C16H21FO3/c1-11(12-5-3-6-12)13-9-14(17)16(10-15(13)18)20-8-4-7-19-2/h9-10,18H,3-8H2,1-2H3. The second-order valence-corrected chi connectivity index (χ2v) is 5.08. The molecule has 4 heteroatoms. The van der Waals surface area contributed by atoms with Crippen molar-refractivity contribution in [2.75, 3.05) is 20.3 Å². The topological polar surface area (TPSA) is 38.7 Å². The van der Waals surface area contributed by atoms with Gasteiger partial charge in [-0.2, -0.15) is 0 Å². The van der Waals surface area contributed by atoms with Crippen LogP contribution in [0.5, 0.6) is 11.5 Å². The third-order valence-electron chi connectivity index (χ3n) is 3.69. The van der Waals surface area contributed by atoms with Gasteiger partial charge in [0.25, 0.3) is 0 Å². The van der Waals surface area contributed by atoms with Crippen LogP contribution >= 0.6 is 0 Å². The fraction of sp³-hybridized carbons (Fsp3) is 0.500. The van der Waals surface area contributed by atoms with Crippen molar-refractivity contribution in [2.24, 2.45) is 0 Å². The van der Waals surface area contributed by atoms with E-state index in [1.807, 2.05) is 6.92 Å². The average molecular weight is 280 g/mol. The van der Waals surface area contributed by atoms with Gasteiger partial charge in [-0.15, -0.1) is 0 Å². The molecule has 0 heterocycles. The van der Waals surface area contributed by atoms with Crippen molar-refractivity contribution in [3.8, 4) is 11.5 Å². The van der Waals surface area contributed by atoms with Gasteiger partial charge in [0.05, 0.1) is 6.61 Å². The van der Waals surface area contributed by atoms with Gasteiger partial charge >= 0.3 is 0 Å². The van der Waals surface area contributed by atoms with Crippen LogP contribution in [0.15, 0.2) is 17.7 Å². The van der Waals surface area contributed by atoms with Crippen molar-refractivity contribution in [2.45, 2.75) is 32.6 Å². The number of benzene rings is 1. The van der Waals surface area contributed by atoms with E-state index in [1.54, 1.807) is 7.11 Å². The average Bonchev–Trinajstić information content (AvgIpc) is 2.36. The third kappa shape index (κ3) is 3.31. The summed E-state index contributed by atoms with van der Waals surface area (Å²) >= 11 is 0. The Labute approximate surface area is 119 Å². The van der Waals surface area contributed by atoms with Crippen LogP contribution in [0.4, 0.5) is 4.39 Å². The Morgan fingerprint density at radius 2 is 2.05 bits per heavy atom. The maximum atomic E-state index is 14.0. The van der Waals surface area contributed by atoms with Gasteiger partial charge in [0.2, 0.25) is 0 Å². The van der Waals surface area contributed by atoms with Crippen molar-refractivity contribution in [1.82, 2.24) is 0 Å². The van der Waals surface area contributed by atoms with Gasteiger partial charge in [-0.25, -0.2) is 4.39 Å². The Bertz CT molecular complexity index is 503. The molecule has 110 valence electrons. The molecule has 20 heavy (non-hydrogen) atoms. The lowest BCUT2D eigenvalue weighted by molar-refractivity contribution is 0.170. The predicted octanol–water partition coefficient (Wildman–Crippen LogP) is 3.90. The van der Waals surface area contributed by atoms with Crippen molar-refractivity contribution in [1.29, 1.82) is 0 Å². The smallest absolute Gasteiger partial charge is 0.165 e. The van der Waals surface area contributed by atoms with Crippen LogP contribution in [0.25, 0.3) is 5.57 Å². The molecule has 1 aromatic rings. The maximum absolute atomic E-state index is 14.0. The maximum Gasteiger partial charge on any atom is 0.165 e. The van der Waals surface area contributed by atoms with E-state index in [0.29, 0.717) is 25.2 Å². The van der Waals surface area contributed by atoms with Crippen molar-refractivity contribution in [3.63, 3.8) is 0 Å². The van der Waals surface area contributed by atoms with E-state index in [1.165, 1.54) is 24.1 Å². The van der Waals surface area contributed by atoms with Gasteiger partial charge < -0.3 is 14.6 Å². The number of ether oxygens (including phenoxy) is 2. The molecule has 0 aliphatic heterocycles. The van der Waals surface area contributed by atoms with E-state index < -0.39 is 5.82 Å².